The molecular formula is C13H10N2O4. The van der Waals surface area contributed by atoms with Crippen LogP contribution < -0.4 is 4.74 Å². The van der Waals surface area contributed by atoms with Crippen LogP contribution in [0.15, 0.2) is 36.5 Å². The molecule has 1 N–H and O–H groups in total. The molecule has 0 aliphatic heterocycles. The van der Waals surface area contributed by atoms with Crippen LogP contribution in [0.2, 0.25) is 0 Å². The normalized spacial score (nSPS) is 9.95. The van der Waals surface area contributed by atoms with Crippen molar-refractivity contribution >= 4 is 11.9 Å². The number of aromatic nitrogens is 2. The average molecular weight is 258 g/mol. The summed E-state index contributed by atoms with van der Waals surface area (Å²) in [4.78, 5) is 29.9. The van der Waals surface area contributed by atoms with Crippen molar-refractivity contribution in [3.05, 3.63) is 53.6 Å². The number of carbonyl (C=O) groups is 2. The van der Waals surface area contributed by atoms with Crippen molar-refractivity contribution in [2.75, 3.05) is 0 Å². The molecule has 0 amide bonds. The summed E-state index contributed by atoms with van der Waals surface area (Å²) in [6.07, 6.45) is 1.20. The van der Waals surface area contributed by atoms with E-state index in [2.05, 4.69) is 9.97 Å². The Balaban J connectivity index is 2.23. The highest BCUT2D eigenvalue weighted by atomic mass is 16.5. The smallest absolute Gasteiger partial charge is 0.381 e. The Morgan fingerprint density at radius 1 is 1.21 bits per heavy atom. The molecule has 2 aromatic rings. The molecule has 6 nitrogen and oxygen atoms in total. The van der Waals surface area contributed by atoms with Gasteiger partial charge in [0, 0.05) is 6.20 Å². The summed E-state index contributed by atoms with van der Waals surface area (Å²) in [5, 5.41) is 8.78. The van der Waals surface area contributed by atoms with Gasteiger partial charge in [-0.25, -0.2) is 19.6 Å². The van der Waals surface area contributed by atoms with Crippen molar-refractivity contribution in [3.63, 3.8) is 0 Å². The van der Waals surface area contributed by atoms with Crippen molar-refractivity contribution in [2.45, 2.75) is 6.92 Å². The number of aryl methyl sites for hydroxylation is 1. The first-order valence-corrected chi connectivity index (χ1v) is 5.42. The van der Waals surface area contributed by atoms with E-state index in [1.165, 1.54) is 12.3 Å². The van der Waals surface area contributed by atoms with Crippen LogP contribution in [0, 0.1) is 6.92 Å². The summed E-state index contributed by atoms with van der Waals surface area (Å²) < 4.78 is 5.11. The van der Waals surface area contributed by atoms with Crippen LogP contribution in [0.4, 0.5) is 0 Å². The van der Waals surface area contributed by atoms with E-state index in [-0.39, 0.29) is 11.5 Å². The van der Waals surface area contributed by atoms with Gasteiger partial charge in [0.1, 0.15) is 5.75 Å². The third kappa shape index (κ3) is 2.92. The standard InChI is InChI=1S/C13H10N2O4/c1-8-4-2-3-5-10(8)19-13(18)11-14-7-6-9(15-11)12(16)17/h2-7H,1H3,(H,16,17). The van der Waals surface area contributed by atoms with Gasteiger partial charge in [0.25, 0.3) is 0 Å². The van der Waals surface area contributed by atoms with Gasteiger partial charge in [-0.15, -0.1) is 0 Å². The van der Waals surface area contributed by atoms with E-state index in [0.29, 0.717) is 5.75 Å². The molecule has 0 saturated carbocycles. The van der Waals surface area contributed by atoms with Crippen molar-refractivity contribution in [2.24, 2.45) is 0 Å². The first kappa shape index (κ1) is 12.7. The third-order valence-electron chi connectivity index (χ3n) is 2.35. The van der Waals surface area contributed by atoms with Crippen molar-refractivity contribution in [1.29, 1.82) is 0 Å². The van der Waals surface area contributed by atoms with E-state index in [1.807, 2.05) is 6.07 Å². The van der Waals surface area contributed by atoms with Gasteiger partial charge in [0.2, 0.25) is 5.82 Å². The highest BCUT2D eigenvalue weighted by Gasteiger charge is 2.15. The number of esters is 1. The number of hydrogen-bond donors (Lipinski definition) is 1. The maximum Gasteiger partial charge on any atom is 0.381 e. The maximum atomic E-state index is 11.8. The second-order valence-corrected chi connectivity index (χ2v) is 3.73. The minimum absolute atomic E-state index is 0.258. The zero-order chi connectivity index (χ0) is 13.8. The fraction of sp³-hybridized carbons (Fsp3) is 0.0769. The van der Waals surface area contributed by atoms with E-state index in [1.54, 1.807) is 25.1 Å². The van der Waals surface area contributed by atoms with Crippen LogP contribution >= 0.6 is 0 Å². The van der Waals surface area contributed by atoms with Crippen LogP contribution in [0.1, 0.15) is 26.7 Å². The number of hydrogen-bond acceptors (Lipinski definition) is 5. The number of para-hydroxylation sites is 1. The Labute approximate surface area is 108 Å². The van der Waals surface area contributed by atoms with E-state index in [0.717, 1.165) is 5.56 Å². The van der Waals surface area contributed by atoms with E-state index in [9.17, 15) is 9.59 Å². The SMILES string of the molecule is Cc1ccccc1OC(=O)c1nccc(C(=O)O)n1. The fourth-order valence-corrected chi connectivity index (χ4v) is 1.39. The topological polar surface area (TPSA) is 89.4 Å². The van der Waals surface area contributed by atoms with Gasteiger partial charge in [-0.05, 0) is 24.6 Å². The molecule has 0 saturated heterocycles. The average Bonchev–Trinajstić information content (AvgIpc) is 2.41. The fourth-order valence-electron chi connectivity index (χ4n) is 1.39. The first-order valence-electron chi connectivity index (χ1n) is 5.42. The minimum atomic E-state index is -1.23. The predicted molar refractivity (Wildman–Crippen MR) is 65.1 cm³/mol. The van der Waals surface area contributed by atoms with Crippen LogP contribution in [-0.4, -0.2) is 27.0 Å². The second kappa shape index (κ2) is 5.26. The summed E-state index contributed by atoms with van der Waals surface area (Å²) in [6, 6.07) is 8.16. The minimum Gasteiger partial charge on any atom is -0.477 e. The number of rotatable bonds is 3. The summed E-state index contributed by atoms with van der Waals surface area (Å²) in [7, 11) is 0. The number of nitrogens with zero attached hydrogens (tertiary/aromatic N) is 2. The second-order valence-electron chi connectivity index (χ2n) is 3.73. The number of carboxylic acid groups (broad SMARTS) is 1. The Morgan fingerprint density at radius 3 is 2.63 bits per heavy atom. The van der Waals surface area contributed by atoms with E-state index in [4.69, 9.17) is 9.84 Å². The van der Waals surface area contributed by atoms with Crippen molar-refractivity contribution in [1.82, 2.24) is 9.97 Å². The molecule has 96 valence electrons. The molecule has 1 aromatic heterocycles. The van der Waals surface area contributed by atoms with E-state index < -0.39 is 11.9 Å². The molecule has 1 aromatic carbocycles. The summed E-state index contributed by atoms with van der Waals surface area (Å²) in [5.74, 6) is -1.93. The molecule has 0 fully saturated rings. The Bertz CT molecular complexity index is 640. The lowest BCUT2D eigenvalue weighted by atomic mass is 10.2. The molecule has 0 radical (unpaired) electrons. The van der Waals surface area contributed by atoms with Crippen LogP contribution in [-0.2, 0) is 0 Å². The number of benzene rings is 1. The molecule has 0 spiro atoms. The third-order valence-corrected chi connectivity index (χ3v) is 2.35. The Hall–Kier alpha value is -2.76. The quantitative estimate of drug-likeness (QED) is 0.665. The van der Waals surface area contributed by atoms with Gasteiger partial charge in [-0.1, -0.05) is 18.2 Å². The lowest BCUT2D eigenvalue weighted by Crippen LogP contribution is -2.15. The van der Waals surface area contributed by atoms with Gasteiger partial charge >= 0.3 is 11.9 Å². The largest absolute Gasteiger partial charge is 0.477 e. The summed E-state index contributed by atoms with van der Waals surface area (Å²) in [6.45, 7) is 1.79. The van der Waals surface area contributed by atoms with Crippen LogP contribution in [0.5, 0.6) is 5.75 Å². The zero-order valence-corrected chi connectivity index (χ0v) is 10.0. The molecule has 0 aliphatic rings. The number of ether oxygens (including phenoxy) is 1. The van der Waals surface area contributed by atoms with Crippen molar-refractivity contribution < 1.29 is 19.4 Å². The van der Waals surface area contributed by atoms with Crippen LogP contribution in [0.3, 0.4) is 0 Å². The highest BCUT2D eigenvalue weighted by molar-refractivity contribution is 5.90. The van der Waals surface area contributed by atoms with Crippen LogP contribution in [0.25, 0.3) is 0 Å². The molecular weight excluding hydrogens is 248 g/mol. The monoisotopic (exact) mass is 258 g/mol. The molecule has 0 unspecified atom stereocenters. The first-order chi connectivity index (χ1) is 9.08. The number of aromatic carboxylic acids is 1. The van der Waals surface area contributed by atoms with Gasteiger partial charge in [-0.2, -0.15) is 0 Å². The Morgan fingerprint density at radius 2 is 1.95 bits per heavy atom. The lowest BCUT2D eigenvalue weighted by molar-refractivity contribution is 0.0688. The zero-order valence-electron chi connectivity index (χ0n) is 10.0. The van der Waals surface area contributed by atoms with Gasteiger partial charge in [-0.3, -0.25) is 0 Å². The summed E-state index contributed by atoms with van der Waals surface area (Å²) >= 11 is 0. The van der Waals surface area contributed by atoms with Gasteiger partial charge in [0.05, 0.1) is 0 Å². The molecule has 0 atom stereocenters. The molecule has 1 heterocycles. The molecule has 19 heavy (non-hydrogen) atoms. The lowest BCUT2D eigenvalue weighted by Gasteiger charge is -2.05. The molecule has 6 heteroatoms. The van der Waals surface area contributed by atoms with Gasteiger partial charge in [0.15, 0.2) is 5.69 Å². The molecule has 0 aliphatic carbocycles. The molecule has 0 bridgehead atoms. The van der Waals surface area contributed by atoms with Gasteiger partial charge < -0.3 is 9.84 Å². The number of carboxylic acids is 1. The Kier molecular flexibility index (Phi) is 3.51. The maximum absolute atomic E-state index is 11.8. The molecule has 2 rings (SSSR count). The highest BCUT2D eigenvalue weighted by Crippen LogP contribution is 2.17. The predicted octanol–water partition coefficient (Wildman–Crippen LogP) is 1.70. The van der Waals surface area contributed by atoms with Crippen molar-refractivity contribution in [3.8, 4) is 5.75 Å². The summed E-state index contributed by atoms with van der Waals surface area (Å²) in [5.41, 5.74) is 0.525. The number of carbonyl (C=O) groups excluding carboxylic acids is 1. The van der Waals surface area contributed by atoms with E-state index >= 15 is 0 Å².